The van der Waals surface area contributed by atoms with Gasteiger partial charge in [-0.3, -0.25) is 9.69 Å². The third kappa shape index (κ3) is 4.98. The molecule has 3 aromatic rings. The average molecular weight is 629 g/mol. The van der Waals surface area contributed by atoms with Gasteiger partial charge in [0.15, 0.2) is 0 Å². The van der Waals surface area contributed by atoms with Crippen LogP contribution >= 0.6 is 23.1 Å². The molecule has 43 heavy (non-hydrogen) atoms. The number of anilines is 3. The number of aromatic nitrogens is 2. The second-order valence-corrected chi connectivity index (χ2v) is 14.3. The number of benzene rings is 1. The van der Waals surface area contributed by atoms with Crippen molar-refractivity contribution >= 4 is 46.3 Å². The van der Waals surface area contributed by atoms with Crippen LogP contribution < -0.4 is 10.2 Å². The number of rotatable bonds is 6. The molecule has 8 nitrogen and oxygen atoms in total. The van der Waals surface area contributed by atoms with Crippen LogP contribution in [0.25, 0.3) is 10.6 Å². The minimum atomic E-state index is -4.65. The predicted octanol–water partition coefficient (Wildman–Crippen LogP) is 5.68. The molecule has 2 unspecified atom stereocenters. The quantitative estimate of drug-likeness (QED) is 0.374. The zero-order valence-electron chi connectivity index (χ0n) is 23.6. The van der Waals surface area contributed by atoms with E-state index in [0.29, 0.717) is 58.2 Å². The predicted molar refractivity (Wildman–Crippen MR) is 161 cm³/mol. The number of hydrogen-bond donors (Lipinski definition) is 1. The lowest BCUT2D eigenvalue weighted by molar-refractivity contribution is -0.137. The van der Waals surface area contributed by atoms with Crippen molar-refractivity contribution in [3.05, 3.63) is 46.5 Å². The lowest BCUT2D eigenvalue weighted by Crippen LogP contribution is -2.67. The van der Waals surface area contributed by atoms with E-state index in [9.17, 15) is 18.0 Å². The van der Waals surface area contributed by atoms with Gasteiger partial charge in [-0.25, -0.2) is 9.97 Å². The van der Waals surface area contributed by atoms with Gasteiger partial charge in [-0.2, -0.15) is 13.2 Å². The van der Waals surface area contributed by atoms with Gasteiger partial charge in [0.25, 0.3) is 5.91 Å². The Morgan fingerprint density at radius 2 is 1.88 bits per heavy atom. The number of amides is 1. The SMILES string of the molecule is CN1C2CC1CN(c1ccc(Nc3ncc(C(F)(F)F)c(-c4cc5c(s4)C(=O)N(C4COC4)CCS5)n3)c(C3CC3)c1)C2. The summed E-state index contributed by atoms with van der Waals surface area (Å²) in [6, 6.07) is 9.20. The number of thiophene rings is 1. The van der Waals surface area contributed by atoms with E-state index in [2.05, 4.69) is 44.3 Å². The minimum absolute atomic E-state index is 0.0131. The average Bonchev–Trinajstić information content (AvgIpc) is 3.75. The molecule has 1 amide bonds. The summed E-state index contributed by atoms with van der Waals surface area (Å²) < 4.78 is 47.9. The van der Waals surface area contributed by atoms with E-state index in [1.54, 1.807) is 11.0 Å². The van der Waals surface area contributed by atoms with Crippen LogP contribution in [0.1, 0.15) is 46.0 Å². The summed E-state index contributed by atoms with van der Waals surface area (Å²) in [4.78, 5) is 30.1. The molecule has 0 radical (unpaired) electrons. The Hall–Kier alpha value is -2.87. The van der Waals surface area contributed by atoms with Gasteiger partial charge in [0.1, 0.15) is 10.4 Å². The summed E-state index contributed by atoms with van der Waals surface area (Å²) in [6.45, 7) is 3.58. The monoisotopic (exact) mass is 628 g/mol. The smallest absolute Gasteiger partial charge is 0.377 e. The molecule has 1 N–H and O–H groups in total. The first-order valence-corrected chi connectivity index (χ1v) is 16.5. The summed E-state index contributed by atoms with van der Waals surface area (Å²) in [5.41, 5.74) is 2.04. The van der Waals surface area contributed by atoms with Crippen LogP contribution in [0, 0.1) is 0 Å². The number of likely N-dealkylation sites (N-methyl/N-ethyl adjacent to an activating group) is 1. The van der Waals surface area contributed by atoms with E-state index < -0.39 is 11.7 Å². The van der Waals surface area contributed by atoms with Gasteiger partial charge < -0.3 is 19.9 Å². The van der Waals surface area contributed by atoms with Crippen molar-refractivity contribution in [3.63, 3.8) is 0 Å². The third-order valence-corrected chi connectivity index (χ3v) is 11.6. The first-order valence-electron chi connectivity index (χ1n) is 14.7. The Morgan fingerprint density at radius 1 is 1.09 bits per heavy atom. The van der Waals surface area contributed by atoms with Crippen molar-refractivity contribution in [2.24, 2.45) is 0 Å². The van der Waals surface area contributed by atoms with Gasteiger partial charge in [0.2, 0.25) is 5.95 Å². The van der Waals surface area contributed by atoms with Gasteiger partial charge in [-0.15, -0.1) is 23.1 Å². The molecule has 226 valence electrons. The van der Waals surface area contributed by atoms with E-state index in [4.69, 9.17) is 4.74 Å². The number of carbonyl (C=O) groups is 1. The number of nitrogens with one attached hydrogen (secondary N) is 1. The molecule has 5 fully saturated rings. The number of nitrogens with zero attached hydrogens (tertiary/aromatic N) is 5. The lowest BCUT2D eigenvalue weighted by atomic mass is 9.88. The van der Waals surface area contributed by atoms with Gasteiger partial charge in [0, 0.05) is 59.9 Å². The largest absolute Gasteiger partial charge is 0.420 e. The molecule has 2 aromatic heterocycles. The Labute approximate surface area is 255 Å². The van der Waals surface area contributed by atoms with Gasteiger partial charge in [-0.1, -0.05) is 0 Å². The van der Waals surface area contributed by atoms with Crippen molar-refractivity contribution in [2.45, 2.75) is 54.4 Å². The van der Waals surface area contributed by atoms with E-state index in [1.807, 2.05) is 6.07 Å². The van der Waals surface area contributed by atoms with E-state index in [1.165, 1.54) is 23.9 Å². The van der Waals surface area contributed by atoms with Gasteiger partial charge >= 0.3 is 6.18 Å². The molecular weight excluding hydrogens is 597 g/mol. The van der Waals surface area contributed by atoms with Gasteiger partial charge in [0.05, 0.1) is 29.8 Å². The molecule has 1 saturated carbocycles. The number of piperazine rings is 1. The molecular formula is C30H31F3N6O2S2. The Kier molecular flexibility index (Phi) is 6.66. The standard InChI is InChI=1S/C30H31F3N6O2S2/c1-37-18-8-19(37)13-38(12-18)17-4-5-23(21(9-17)16-2-3-16)35-29-34-11-22(30(31,32)33)26(36-29)24-10-25-27(43-24)28(40)39(6-7-42-25)20-14-41-15-20/h4-5,9-11,16,18-20H,2-3,6-8,12-15H2,1H3,(H,34,35,36). The summed E-state index contributed by atoms with van der Waals surface area (Å²) >= 11 is 2.56. The number of ether oxygens (including phenoxy) is 1. The highest BCUT2D eigenvalue weighted by atomic mass is 32.2. The maximum Gasteiger partial charge on any atom is 0.420 e. The lowest BCUT2D eigenvalue weighted by Gasteiger charge is -2.55. The van der Waals surface area contributed by atoms with Crippen LogP contribution in [0.3, 0.4) is 0 Å². The molecule has 4 saturated heterocycles. The van der Waals surface area contributed by atoms with Crippen LogP contribution in [0.15, 0.2) is 35.4 Å². The maximum absolute atomic E-state index is 14.2. The van der Waals surface area contributed by atoms with Crippen LogP contribution in [0.2, 0.25) is 0 Å². The molecule has 7 heterocycles. The van der Waals surface area contributed by atoms with Crippen molar-refractivity contribution in [3.8, 4) is 10.6 Å². The zero-order valence-corrected chi connectivity index (χ0v) is 25.2. The third-order valence-electron chi connectivity index (χ3n) is 9.35. The van der Waals surface area contributed by atoms with Gasteiger partial charge in [-0.05, 0) is 62.1 Å². The number of carbonyl (C=O) groups excluding carboxylic acids is 1. The fourth-order valence-corrected chi connectivity index (χ4v) is 8.86. The highest BCUT2D eigenvalue weighted by Crippen LogP contribution is 2.47. The second kappa shape index (κ2) is 10.4. The minimum Gasteiger partial charge on any atom is -0.377 e. The number of fused-ring (bicyclic) bond motifs is 3. The van der Waals surface area contributed by atoms with Crippen LogP contribution in [-0.4, -0.2) is 89.4 Å². The molecule has 13 heteroatoms. The van der Waals surface area contributed by atoms with Crippen molar-refractivity contribution in [1.29, 1.82) is 0 Å². The summed E-state index contributed by atoms with van der Waals surface area (Å²) in [5.74, 6) is 1.04. The summed E-state index contributed by atoms with van der Waals surface area (Å²) in [6.07, 6.45) is -0.372. The molecule has 0 spiro atoms. The molecule has 9 rings (SSSR count). The molecule has 2 atom stereocenters. The number of halogens is 3. The second-order valence-electron chi connectivity index (χ2n) is 12.1. The van der Waals surface area contributed by atoms with E-state index >= 15 is 0 Å². The molecule has 6 aliphatic rings. The zero-order chi connectivity index (χ0) is 29.5. The highest BCUT2D eigenvalue weighted by Gasteiger charge is 2.43. The maximum atomic E-state index is 14.2. The van der Waals surface area contributed by atoms with Crippen molar-refractivity contribution in [2.75, 3.05) is 55.9 Å². The molecule has 1 aliphatic carbocycles. The Balaban J connectivity index is 1.11. The fraction of sp³-hybridized carbons (Fsp3) is 0.500. The van der Waals surface area contributed by atoms with Crippen molar-refractivity contribution < 1.29 is 22.7 Å². The molecule has 1 aromatic carbocycles. The summed E-state index contributed by atoms with van der Waals surface area (Å²) in [7, 11) is 2.19. The number of alkyl halides is 3. The number of hydrogen-bond acceptors (Lipinski definition) is 9. The summed E-state index contributed by atoms with van der Waals surface area (Å²) in [5, 5.41) is 3.25. The van der Waals surface area contributed by atoms with Crippen molar-refractivity contribution in [1.82, 2.24) is 19.8 Å². The van der Waals surface area contributed by atoms with Crippen LogP contribution in [0.4, 0.5) is 30.5 Å². The Bertz CT molecular complexity index is 1580. The molecule has 2 bridgehead atoms. The first-order chi connectivity index (χ1) is 20.7. The van der Waals surface area contributed by atoms with Crippen LogP contribution in [-0.2, 0) is 10.9 Å². The van der Waals surface area contributed by atoms with E-state index in [-0.39, 0.29) is 23.6 Å². The Morgan fingerprint density at radius 3 is 2.56 bits per heavy atom. The topological polar surface area (TPSA) is 73.8 Å². The van der Waals surface area contributed by atoms with E-state index in [0.717, 1.165) is 54.7 Å². The fourth-order valence-electron chi connectivity index (χ4n) is 6.54. The highest BCUT2D eigenvalue weighted by molar-refractivity contribution is 7.99. The first kappa shape index (κ1) is 27.7. The van der Waals surface area contributed by atoms with Crippen LogP contribution in [0.5, 0.6) is 0 Å². The normalized spacial score (nSPS) is 24.3. The number of thioether (sulfide) groups is 1. The number of piperidine rings is 1. The molecule has 5 aliphatic heterocycles.